The number of aromatic nitrogens is 4. The normalized spacial score (nSPS) is 20.5. The molecule has 0 unspecified atom stereocenters. The molecule has 0 aliphatic carbocycles. The summed E-state index contributed by atoms with van der Waals surface area (Å²) in [5.74, 6) is -2.22. The molecule has 2 fully saturated rings. The van der Waals surface area contributed by atoms with Crippen LogP contribution in [0.15, 0.2) is 46.9 Å². The van der Waals surface area contributed by atoms with Crippen molar-refractivity contribution in [1.82, 2.24) is 24.8 Å². The summed E-state index contributed by atoms with van der Waals surface area (Å²) in [5.41, 5.74) is 0.799. The van der Waals surface area contributed by atoms with E-state index in [0.29, 0.717) is 22.3 Å². The molecule has 4 atom stereocenters. The van der Waals surface area contributed by atoms with Crippen LogP contribution in [0, 0.1) is 17.7 Å². The Morgan fingerprint density at radius 2 is 1.75 bits per heavy atom. The van der Waals surface area contributed by atoms with Crippen molar-refractivity contribution in [2.24, 2.45) is 11.8 Å². The molecular formula is C36H41F5N6O6. The van der Waals surface area contributed by atoms with Gasteiger partial charge >= 0.3 is 12.1 Å². The second-order valence-corrected chi connectivity index (χ2v) is 14.0. The van der Waals surface area contributed by atoms with Crippen LogP contribution >= 0.6 is 0 Å². The Balaban J connectivity index is 0.000000282. The van der Waals surface area contributed by atoms with Gasteiger partial charge in [-0.15, -0.1) is 0 Å². The number of carbonyl (C=O) groups excluding carboxylic acids is 2. The van der Waals surface area contributed by atoms with Gasteiger partial charge in [0.2, 0.25) is 12.2 Å². The predicted octanol–water partition coefficient (Wildman–Crippen LogP) is 7.42. The molecule has 2 aliphatic heterocycles. The van der Waals surface area contributed by atoms with Crippen molar-refractivity contribution in [1.29, 1.82) is 0 Å². The Kier molecular flexibility index (Phi) is 11.7. The standard InChI is InChI=1S/C23H14F5N5O4.C8H15NO.C5H12O/c24-10-5-6-13-14(7-10)30-22(29-13)35-11-8-15(20(34)37-28)33(9-11)19-18-17(31-21(32-19)23(25,26)27)12-3-1-2-4-16(12)36-18;1-7-3-4-9(6-10)5-8(7)2;1-5(2,3)6-4/h1-7,11,15H,8-9H2,(H,29,30);6-8H,3-5H2,1-2H3;1-4H3/t11-,15-;7-,8-;/m00./s1. The van der Waals surface area contributed by atoms with Gasteiger partial charge in [0.15, 0.2) is 11.4 Å². The molecule has 1 N–H and O–H groups in total. The van der Waals surface area contributed by atoms with Gasteiger partial charge in [-0.1, -0.05) is 26.0 Å². The van der Waals surface area contributed by atoms with E-state index < -0.39 is 35.9 Å². The minimum atomic E-state index is -4.92. The number of fused-ring (bicyclic) bond motifs is 4. The lowest BCUT2D eigenvalue weighted by Gasteiger charge is -2.32. The quantitative estimate of drug-likeness (QED) is 0.143. The zero-order chi connectivity index (χ0) is 38.7. The molecule has 2 aromatic carbocycles. The number of H-pyrrole nitrogens is 1. The molecule has 2 aliphatic rings. The van der Waals surface area contributed by atoms with Crippen molar-refractivity contribution in [3.63, 3.8) is 0 Å². The Bertz CT molecular complexity index is 2050. The summed E-state index contributed by atoms with van der Waals surface area (Å²) in [6.45, 7) is 12.2. The minimum absolute atomic E-state index is 0.0210. The van der Waals surface area contributed by atoms with Crippen LogP contribution in [0.5, 0.6) is 6.01 Å². The van der Waals surface area contributed by atoms with Crippen molar-refractivity contribution in [2.45, 2.75) is 71.4 Å². The van der Waals surface area contributed by atoms with Gasteiger partial charge in [-0.2, -0.15) is 18.2 Å². The highest BCUT2D eigenvalue weighted by Crippen LogP contribution is 2.39. The molecule has 17 heteroatoms. The van der Waals surface area contributed by atoms with Gasteiger partial charge in [0.1, 0.15) is 29.1 Å². The molecular weight excluding hydrogens is 707 g/mol. The number of benzene rings is 2. The zero-order valence-corrected chi connectivity index (χ0v) is 30.0. The number of rotatable bonds is 5. The molecule has 286 valence electrons. The lowest BCUT2D eigenvalue weighted by Crippen LogP contribution is -2.37. The van der Waals surface area contributed by atoms with Crippen LogP contribution in [0.25, 0.3) is 33.1 Å². The van der Waals surface area contributed by atoms with Crippen molar-refractivity contribution in [2.75, 3.05) is 31.6 Å². The maximum atomic E-state index is 13.7. The molecule has 7 rings (SSSR count). The molecule has 0 bridgehead atoms. The van der Waals surface area contributed by atoms with Gasteiger partial charge in [0, 0.05) is 36.5 Å². The second kappa shape index (κ2) is 15.9. The smallest absolute Gasteiger partial charge is 0.451 e. The number of piperidine rings is 1. The van der Waals surface area contributed by atoms with Gasteiger partial charge in [-0.25, -0.2) is 19.2 Å². The van der Waals surface area contributed by atoms with Crippen LogP contribution in [-0.2, 0) is 25.4 Å². The van der Waals surface area contributed by atoms with Crippen LogP contribution in [-0.4, -0.2) is 81.7 Å². The number of aromatic amines is 1. The number of furan rings is 1. The summed E-state index contributed by atoms with van der Waals surface area (Å²) in [6, 6.07) is 8.74. The number of ether oxygens (including phenoxy) is 2. The first-order valence-corrected chi connectivity index (χ1v) is 16.9. The number of hydrogen-bond donors (Lipinski definition) is 1. The van der Waals surface area contributed by atoms with E-state index in [-0.39, 0.29) is 47.1 Å². The van der Waals surface area contributed by atoms with Gasteiger partial charge in [0.25, 0.3) is 6.01 Å². The number of anilines is 1. The highest BCUT2D eigenvalue weighted by atomic mass is 19.4. The molecule has 53 heavy (non-hydrogen) atoms. The summed E-state index contributed by atoms with van der Waals surface area (Å²) in [7, 11) is 1.71. The first-order valence-electron chi connectivity index (χ1n) is 16.9. The first kappa shape index (κ1) is 39.2. The average Bonchev–Trinajstić information content (AvgIpc) is 3.83. The molecule has 1 amide bonds. The van der Waals surface area contributed by atoms with Gasteiger partial charge in [-0.3, -0.25) is 9.74 Å². The van der Waals surface area contributed by atoms with E-state index in [1.807, 2.05) is 25.7 Å². The Morgan fingerprint density at radius 3 is 2.40 bits per heavy atom. The number of imidazole rings is 1. The fraction of sp³-hybridized carbons (Fsp3) is 0.472. The third-order valence-electron chi connectivity index (χ3n) is 9.17. The SMILES string of the molecule is COC(C)(C)C.C[C@H]1CCN(C=O)C[C@@H]1C.O=C(OF)[C@@H]1C[C@H](Oc2nc3ccc(F)cc3[nH]2)CN1c1nc(C(F)(F)F)nc2c1oc1ccccc12. The lowest BCUT2D eigenvalue weighted by molar-refractivity contribution is -0.185. The van der Waals surface area contributed by atoms with Crippen molar-refractivity contribution >= 4 is 51.3 Å². The zero-order valence-electron chi connectivity index (χ0n) is 30.0. The monoisotopic (exact) mass is 748 g/mol. The van der Waals surface area contributed by atoms with Crippen LogP contribution in [0.3, 0.4) is 0 Å². The maximum Gasteiger partial charge on any atom is 0.451 e. The summed E-state index contributed by atoms with van der Waals surface area (Å²) in [5, 5.41) is 0.303. The maximum absolute atomic E-state index is 13.7. The Hall–Kier alpha value is -5.06. The summed E-state index contributed by atoms with van der Waals surface area (Å²) >= 11 is 0. The summed E-state index contributed by atoms with van der Waals surface area (Å²) < 4.78 is 84.1. The highest BCUT2D eigenvalue weighted by molar-refractivity contribution is 6.06. The highest BCUT2D eigenvalue weighted by Gasteiger charge is 2.44. The van der Waals surface area contributed by atoms with E-state index in [1.165, 1.54) is 30.7 Å². The number of carbonyl (C=O) groups is 2. The number of nitrogens with zero attached hydrogens (tertiary/aromatic N) is 5. The van der Waals surface area contributed by atoms with Crippen LogP contribution in [0.2, 0.25) is 0 Å². The number of likely N-dealkylation sites (tertiary alicyclic amines) is 1. The lowest BCUT2D eigenvalue weighted by atomic mass is 9.89. The molecule has 0 radical (unpaired) electrons. The van der Waals surface area contributed by atoms with Crippen LogP contribution in [0.1, 0.15) is 53.3 Å². The molecule has 0 spiro atoms. The topological polar surface area (TPSA) is 136 Å². The van der Waals surface area contributed by atoms with Crippen LogP contribution in [0.4, 0.5) is 27.9 Å². The van der Waals surface area contributed by atoms with Gasteiger partial charge in [-0.05, 0) is 69.4 Å². The summed E-state index contributed by atoms with van der Waals surface area (Å²) in [6.07, 6.45) is -3.83. The first-order chi connectivity index (χ1) is 25.0. The fourth-order valence-corrected chi connectivity index (χ4v) is 5.85. The van der Waals surface area contributed by atoms with E-state index in [9.17, 15) is 31.7 Å². The van der Waals surface area contributed by atoms with Gasteiger partial charge < -0.3 is 28.7 Å². The van der Waals surface area contributed by atoms with E-state index in [4.69, 9.17) is 13.9 Å². The minimum Gasteiger partial charge on any atom is -0.459 e. The molecule has 0 saturated carbocycles. The third-order valence-corrected chi connectivity index (χ3v) is 9.17. The fourth-order valence-electron chi connectivity index (χ4n) is 5.85. The van der Waals surface area contributed by atoms with E-state index in [2.05, 4.69) is 38.7 Å². The van der Waals surface area contributed by atoms with E-state index >= 15 is 0 Å². The number of halogens is 5. The molecule has 3 aromatic heterocycles. The number of hydrogen-bond acceptors (Lipinski definition) is 10. The Morgan fingerprint density at radius 1 is 1.04 bits per heavy atom. The second-order valence-electron chi connectivity index (χ2n) is 14.0. The van der Waals surface area contributed by atoms with E-state index in [1.54, 1.807) is 25.3 Å². The average molecular weight is 749 g/mol. The number of methoxy groups -OCH3 is 1. The summed E-state index contributed by atoms with van der Waals surface area (Å²) in [4.78, 5) is 43.3. The molecule has 5 aromatic rings. The van der Waals surface area contributed by atoms with Gasteiger partial charge in [0.05, 0.1) is 23.2 Å². The van der Waals surface area contributed by atoms with Crippen LogP contribution < -0.4 is 9.64 Å². The van der Waals surface area contributed by atoms with Crippen molar-refractivity contribution in [3.05, 3.63) is 54.1 Å². The molecule has 12 nitrogen and oxygen atoms in total. The van der Waals surface area contributed by atoms with E-state index in [0.717, 1.165) is 30.3 Å². The predicted molar refractivity (Wildman–Crippen MR) is 185 cm³/mol. The van der Waals surface area contributed by atoms with Crippen molar-refractivity contribution < 1.29 is 50.5 Å². The van der Waals surface area contributed by atoms with Crippen molar-refractivity contribution in [3.8, 4) is 6.01 Å². The Labute approximate surface area is 301 Å². The number of alkyl halides is 3. The molecule has 5 heterocycles. The third kappa shape index (κ3) is 9.30. The largest absolute Gasteiger partial charge is 0.459 e. The number of para-hydroxylation sites is 1. The number of amides is 1. The number of nitrogens with one attached hydrogen (secondary N) is 1. The molecule has 2 saturated heterocycles.